The van der Waals surface area contributed by atoms with Crippen molar-refractivity contribution in [3.8, 4) is 0 Å². The minimum absolute atomic E-state index is 0.126. The average Bonchev–Trinajstić information content (AvgIpc) is 2.81. The molecule has 3 heterocycles. The summed E-state index contributed by atoms with van der Waals surface area (Å²) in [6, 6.07) is 2.70. The van der Waals surface area contributed by atoms with Gasteiger partial charge in [-0.25, -0.2) is 0 Å². The molecule has 1 fully saturated rings. The van der Waals surface area contributed by atoms with Crippen molar-refractivity contribution < 1.29 is 9.21 Å². The highest BCUT2D eigenvalue weighted by atomic mass is 16.4. The van der Waals surface area contributed by atoms with Gasteiger partial charge in [0.1, 0.15) is 6.04 Å². The number of carbonyl (C=O) groups excluding carboxylic acids is 1. The Kier molecular flexibility index (Phi) is 4.04. The molecule has 1 aliphatic rings. The van der Waals surface area contributed by atoms with E-state index in [4.69, 9.17) is 4.42 Å². The third-order valence-corrected chi connectivity index (χ3v) is 3.87. The van der Waals surface area contributed by atoms with Crippen molar-refractivity contribution in [2.75, 3.05) is 6.54 Å². The maximum Gasteiger partial charge on any atom is 0.256 e. The average molecular weight is 302 g/mol. The lowest BCUT2D eigenvalue weighted by molar-refractivity contribution is 0.0650. The topological polar surface area (TPSA) is 92.1 Å². The van der Waals surface area contributed by atoms with Gasteiger partial charge in [0.05, 0.1) is 5.56 Å². The quantitative estimate of drug-likeness (QED) is 0.913. The zero-order valence-corrected chi connectivity index (χ0v) is 12.4. The van der Waals surface area contributed by atoms with Crippen LogP contribution in [0, 0.1) is 6.92 Å². The molecule has 1 atom stereocenters. The van der Waals surface area contributed by atoms with Crippen LogP contribution in [0.1, 0.15) is 53.9 Å². The molecular weight excluding hydrogens is 284 g/mol. The van der Waals surface area contributed by atoms with Crippen molar-refractivity contribution in [1.82, 2.24) is 20.1 Å². The van der Waals surface area contributed by atoms with Gasteiger partial charge in [-0.3, -0.25) is 9.59 Å². The first kappa shape index (κ1) is 14.5. The lowest BCUT2D eigenvalue weighted by atomic mass is 10.1. The van der Waals surface area contributed by atoms with Crippen molar-refractivity contribution in [2.45, 2.75) is 38.6 Å². The third-order valence-electron chi connectivity index (χ3n) is 3.87. The summed E-state index contributed by atoms with van der Waals surface area (Å²) in [6.07, 6.45) is 5.28. The van der Waals surface area contributed by atoms with Gasteiger partial charge in [0.25, 0.3) is 5.91 Å². The Labute approximate surface area is 127 Å². The molecule has 7 heteroatoms. The molecular formula is C15H18N4O3. The lowest BCUT2D eigenvalue weighted by Gasteiger charge is -2.27. The summed E-state index contributed by atoms with van der Waals surface area (Å²) in [4.78, 5) is 28.2. The van der Waals surface area contributed by atoms with Crippen LogP contribution in [0.4, 0.5) is 0 Å². The van der Waals surface area contributed by atoms with E-state index in [0.29, 0.717) is 23.9 Å². The smallest absolute Gasteiger partial charge is 0.256 e. The van der Waals surface area contributed by atoms with Gasteiger partial charge in [-0.2, -0.15) is 0 Å². The summed E-state index contributed by atoms with van der Waals surface area (Å²) in [5, 5.41) is 7.95. The molecule has 1 aliphatic heterocycles. The van der Waals surface area contributed by atoms with Crippen LogP contribution in [0.15, 0.2) is 27.5 Å². The van der Waals surface area contributed by atoms with Crippen LogP contribution < -0.4 is 5.56 Å². The summed E-state index contributed by atoms with van der Waals surface area (Å²) in [5.74, 6) is 0.854. The molecule has 2 aromatic rings. The molecule has 116 valence electrons. The number of nitrogens with zero attached hydrogens (tertiary/aromatic N) is 3. The van der Waals surface area contributed by atoms with Crippen LogP contribution in [-0.4, -0.2) is 32.5 Å². The number of aromatic amines is 1. The van der Waals surface area contributed by atoms with Gasteiger partial charge in [0, 0.05) is 25.7 Å². The molecule has 0 aromatic carbocycles. The SMILES string of the molecule is Cc1nnc(C2CCCCCN2C(=O)c2ccc(=O)[nH]c2)o1. The summed E-state index contributed by atoms with van der Waals surface area (Å²) < 4.78 is 5.54. The van der Waals surface area contributed by atoms with E-state index in [1.54, 1.807) is 17.9 Å². The Hall–Kier alpha value is -2.44. The molecule has 3 rings (SSSR count). The molecule has 1 saturated heterocycles. The second-order valence-electron chi connectivity index (χ2n) is 5.46. The zero-order valence-electron chi connectivity index (χ0n) is 12.4. The number of aromatic nitrogens is 3. The number of hydrogen-bond acceptors (Lipinski definition) is 5. The van der Waals surface area contributed by atoms with E-state index in [2.05, 4.69) is 15.2 Å². The van der Waals surface area contributed by atoms with Gasteiger partial charge in [0.15, 0.2) is 0 Å². The molecule has 1 N–H and O–H groups in total. The summed E-state index contributed by atoms with van der Waals surface area (Å²) in [5.41, 5.74) is 0.235. The van der Waals surface area contributed by atoms with E-state index in [1.165, 1.54) is 12.3 Å². The number of hydrogen-bond donors (Lipinski definition) is 1. The van der Waals surface area contributed by atoms with E-state index in [1.807, 2.05) is 0 Å². The number of amides is 1. The Morgan fingerprint density at radius 1 is 1.32 bits per heavy atom. The molecule has 0 radical (unpaired) electrons. The fraction of sp³-hybridized carbons (Fsp3) is 0.467. The first-order valence-electron chi connectivity index (χ1n) is 7.45. The summed E-state index contributed by atoms with van der Waals surface area (Å²) in [7, 11) is 0. The van der Waals surface area contributed by atoms with E-state index in [-0.39, 0.29) is 17.5 Å². The van der Waals surface area contributed by atoms with Gasteiger partial charge in [-0.1, -0.05) is 12.8 Å². The highest BCUT2D eigenvalue weighted by molar-refractivity contribution is 5.94. The number of rotatable bonds is 2. The minimum Gasteiger partial charge on any atom is -0.423 e. The second kappa shape index (κ2) is 6.13. The van der Waals surface area contributed by atoms with Crippen LogP contribution >= 0.6 is 0 Å². The largest absolute Gasteiger partial charge is 0.423 e. The van der Waals surface area contributed by atoms with Crippen LogP contribution in [0.5, 0.6) is 0 Å². The van der Waals surface area contributed by atoms with Crippen molar-refractivity contribution in [3.05, 3.63) is 46.0 Å². The van der Waals surface area contributed by atoms with Crippen molar-refractivity contribution in [1.29, 1.82) is 0 Å². The Morgan fingerprint density at radius 3 is 2.86 bits per heavy atom. The van der Waals surface area contributed by atoms with E-state index in [9.17, 15) is 9.59 Å². The maximum atomic E-state index is 12.8. The molecule has 0 bridgehead atoms. The predicted molar refractivity (Wildman–Crippen MR) is 78.3 cm³/mol. The zero-order chi connectivity index (χ0) is 15.5. The molecule has 0 saturated carbocycles. The second-order valence-corrected chi connectivity index (χ2v) is 5.46. The van der Waals surface area contributed by atoms with Gasteiger partial charge >= 0.3 is 0 Å². The number of aryl methyl sites for hydroxylation is 1. The maximum absolute atomic E-state index is 12.8. The molecule has 0 aliphatic carbocycles. The first-order chi connectivity index (χ1) is 10.6. The van der Waals surface area contributed by atoms with Crippen LogP contribution in [0.3, 0.4) is 0 Å². The standard InChI is InChI=1S/C15H18N4O3/c1-10-17-18-14(22-10)12-5-3-2-4-8-19(12)15(21)11-6-7-13(20)16-9-11/h6-7,9,12H,2-5,8H2,1H3,(H,16,20). The lowest BCUT2D eigenvalue weighted by Crippen LogP contribution is -2.35. The first-order valence-corrected chi connectivity index (χ1v) is 7.45. The number of carbonyl (C=O) groups is 1. The van der Waals surface area contributed by atoms with Crippen molar-refractivity contribution >= 4 is 5.91 Å². The van der Waals surface area contributed by atoms with E-state index >= 15 is 0 Å². The molecule has 0 spiro atoms. The van der Waals surface area contributed by atoms with Gasteiger partial charge < -0.3 is 14.3 Å². The Bertz CT molecular complexity index is 701. The highest BCUT2D eigenvalue weighted by Gasteiger charge is 2.31. The van der Waals surface area contributed by atoms with Crippen LogP contribution in [0.2, 0.25) is 0 Å². The molecule has 1 amide bonds. The molecule has 2 aromatic heterocycles. The fourth-order valence-electron chi connectivity index (χ4n) is 2.76. The summed E-state index contributed by atoms with van der Waals surface area (Å²) >= 11 is 0. The molecule has 7 nitrogen and oxygen atoms in total. The molecule has 22 heavy (non-hydrogen) atoms. The minimum atomic E-state index is -0.225. The Morgan fingerprint density at radius 2 is 2.18 bits per heavy atom. The number of H-pyrrole nitrogens is 1. The number of nitrogens with one attached hydrogen (secondary N) is 1. The van der Waals surface area contributed by atoms with E-state index < -0.39 is 0 Å². The van der Waals surface area contributed by atoms with E-state index in [0.717, 1.165) is 25.7 Å². The number of likely N-dealkylation sites (tertiary alicyclic amines) is 1. The summed E-state index contributed by atoms with van der Waals surface area (Å²) in [6.45, 7) is 2.38. The van der Waals surface area contributed by atoms with Crippen molar-refractivity contribution in [3.63, 3.8) is 0 Å². The fourth-order valence-corrected chi connectivity index (χ4v) is 2.76. The monoisotopic (exact) mass is 302 g/mol. The van der Waals surface area contributed by atoms with Crippen LogP contribution in [0.25, 0.3) is 0 Å². The Balaban J connectivity index is 1.91. The van der Waals surface area contributed by atoms with Gasteiger partial charge in [-0.15, -0.1) is 10.2 Å². The molecule has 1 unspecified atom stereocenters. The third kappa shape index (κ3) is 2.93. The van der Waals surface area contributed by atoms with Gasteiger partial charge in [0.2, 0.25) is 17.3 Å². The highest BCUT2D eigenvalue weighted by Crippen LogP contribution is 2.30. The van der Waals surface area contributed by atoms with Crippen LogP contribution in [-0.2, 0) is 0 Å². The predicted octanol–water partition coefficient (Wildman–Crippen LogP) is 1.82. The normalized spacial score (nSPS) is 19.0. The van der Waals surface area contributed by atoms with Gasteiger partial charge in [-0.05, 0) is 18.9 Å². The number of pyridine rings is 1. The van der Waals surface area contributed by atoms with Crippen molar-refractivity contribution in [2.24, 2.45) is 0 Å².